The number of nitrogens with zero attached hydrogens (tertiary/aromatic N) is 3. The lowest BCUT2D eigenvalue weighted by molar-refractivity contribution is 0.0513. The zero-order valence-corrected chi connectivity index (χ0v) is 16.1. The van der Waals surface area contributed by atoms with Gasteiger partial charge >= 0.3 is 0 Å². The molecule has 0 aliphatic carbocycles. The van der Waals surface area contributed by atoms with Crippen molar-refractivity contribution < 1.29 is 4.79 Å². The molecule has 1 aromatic carbocycles. The summed E-state index contributed by atoms with van der Waals surface area (Å²) in [4.78, 5) is 24.7. The average Bonchev–Trinajstić information content (AvgIpc) is 2.67. The van der Waals surface area contributed by atoms with Crippen LogP contribution in [0.2, 0.25) is 0 Å². The Balaban J connectivity index is 1.89. The highest BCUT2D eigenvalue weighted by Crippen LogP contribution is 2.30. The lowest BCUT2D eigenvalue weighted by Crippen LogP contribution is -2.47. The van der Waals surface area contributed by atoms with Crippen molar-refractivity contribution in [1.29, 1.82) is 0 Å². The maximum Gasteiger partial charge on any atom is 0.255 e. The Morgan fingerprint density at radius 3 is 2.59 bits per heavy atom. The summed E-state index contributed by atoms with van der Waals surface area (Å²) >= 11 is 0. The molecule has 2 atom stereocenters. The van der Waals surface area contributed by atoms with E-state index in [0.717, 1.165) is 46.1 Å². The first kappa shape index (κ1) is 17.7. The van der Waals surface area contributed by atoms with Crippen LogP contribution < -0.4 is 0 Å². The van der Waals surface area contributed by atoms with Gasteiger partial charge < -0.3 is 4.90 Å². The first-order valence-corrected chi connectivity index (χ1v) is 9.69. The lowest BCUT2D eigenvalue weighted by Gasteiger charge is -2.39. The summed E-state index contributed by atoms with van der Waals surface area (Å²) < 4.78 is 0. The number of benzene rings is 1. The SMILES string of the molecule is Cc1ccc2nc(-c3cccnc3)cc(C(=O)N3[C@H](C)CCC[C@@H]3C)c2c1. The summed E-state index contributed by atoms with van der Waals surface area (Å²) in [6.07, 6.45) is 6.85. The lowest BCUT2D eigenvalue weighted by atomic mass is 9.95. The minimum atomic E-state index is 0.109. The fraction of sp³-hybridized carbons (Fsp3) is 0.348. The Bertz CT molecular complexity index is 974. The molecule has 1 amide bonds. The van der Waals surface area contributed by atoms with E-state index in [1.165, 1.54) is 6.42 Å². The maximum atomic E-state index is 13.6. The molecule has 0 saturated carbocycles. The van der Waals surface area contributed by atoms with Crippen LogP contribution in [-0.2, 0) is 0 Å². The molecule has 0 unspecified atom stereocenters. The van der Waals surface area contributed by atoms with Crippen LogP contribution in [0.1, 0.15) is 49.0 Å². The molecule has 3 heterocycles. The van der Waals surface area contributed by atoms with Gasteiger partial charge in [-0.15, -0.1) is 0 Å². The van der Waals surface area contributed by atoms with Crippen LogP contribution in [0.3, 0.4) is 0 Å². The third kappa shape index (κ3) is 3.32. The number of hydrogen-bond acceptors (Lipinski definition) is 3. The monoisotopic (exact) mass is 359 g/mol. The third-order valence-electron chi connectivity index (χ3n) is 5.58. The molecule has 138 valence electrons. The van der Waals surface area contributed by atoms with Crippen molar-refractivity contribution in [2.75, 3.05) is 0 Å². The number of pyridine rings is 2. The van der Waals surface area contributed by atoms with E-state index in [0.29, 0.717) is 0 Å². The number of rotatable bonds is 2. The van der Waals surface area contributed by atoms with E-state index in [1.54, 1.807) is 12.4 Å². The highest BCUT2D eigenvalue weighted by molar-refractivity contribution is 6.07. The predicted octanol–water partition coefficient (Wildman–Crippen LogP) is 5.01. The molecule has 4 rings (SSSR count). The van der Waals surface area contributed by atoms with Crippen LogP contribution in [0.4, 0.5) is 0 Å². The van der Waals surface area contributed by atoms with Gasteiger partial charge in [0, 0.05) is 35.4 Å². The number of aryl methyl sites for hydroxylation is 1. The maximum absolute atomic E-state index is 13.6. The smallest absolute Gasteiger partial charge is 0.255 e. The minimum absolute atomic E-state index is 0.109. The molecular formula is C23H25N3O. The topological polar surface area (TPSA) is 46.1 Å². The summed E-state index contributed by atoms with van der Waals surface area (Å²) in [6.45, 7) is 6.36. The number of amides is 1. The molecule has 0 spiro atoms. The van der Waals surface area contributed by atoms with Gasteiger partial charge in [-0.05, 0) is 70.4 Å². The number of hydrogen-bond donors (Lipinski definition) is 0. The molecule has 4 heteroatoms. The number of fused-ring (bicyclic) bond motifs is 1. The predicted molar refractivity (Wildman–Crippen MR) is 109 cm³/mol. The molecule has 0 N–H and O–H groups in total. The van der Waals surface area contributed by atoms with Crippen LogP contribution in [-0.4, -0.2) is 32.9 Å². The third-order valence-corrected chi connectivity index (χ3v) is 5.58. The number of carbonyl (C=O) groups excluding carboxylic acids is 1. The summed E-state index contributed by atoms with van der Waals surface area (Å²) in [5.41, 5.74) is 4.44. The van der Waals surface area contributed by atoms with Gasteiger partial charge in [-0.25, -0.2) is 4.98 Å². The number of carbonyl (C=O) groups is 1. The average molecular weight is 359 g/mol. The first-order valence-electron chi connectivity index (χ1n) is 9.69. The van der Waals surface area contributed by atoms with E-state index in [1.807, 2.05) is 30.3 Å². The number of piperidine rings is 1. The first-order chi connectivity index (χ1) is 13.0. The Morgan fingerprint density at radius 1 is 1.11 bits per heavy atom. The van der Waals surface area contributed by atoms with E-state index in [4.69, 9.17) is 4.98 Å². The standard InChI is InChI=1S/C23H25N3O/c1-15-9-10-21-19(12-15)20(13-22(25-21)18-8-5-11-24-14-18)23(27)26-16(2)6-4-7-17(26)3/h5,8-14,16-17H,4,6-7H2,1-3H3/t16-,17+. The highest BCUT2D eigenvalue weighted by Gasteiger charge is 2.31. The Morgan fingerprint density at radius 2 is 1.89 bits per heavy atom. The fourth-order valence-corrected chi connectivity index (χ4v) is 4.14. The number of likely N-dealkylation sites (tertiary alicyclic amines) is 1. The summed E-state index contributed by atoms with van der Waals surface area (Å²) in [6, 6.07) is 12.5. The van der Waals surface area contributed by atoms with Crippen molar-refractivity contribution in [1.82, 2.24) is 14.9 Å². The van der Waals surface area contributed by atoms with Crippen LogP contribution in [0, 0.1) is 6.92 Å². The fourth-order valence-electron chi connectivity index (χ4n) is 4.14. The van der Waals surface area contributed by atoms with Crippen LogP contribution in [0.25, 0.3) is 22.2 Å². The van der Waals surface area contributed by atoms with E-state index in [9.17, 15) is 4.79 Å². The molecule has 0 radical (unpaired) electrons. The molecule has 0 bridgehead atoms. The molecule has 3 aromatic rings. The molecule has 1 aliphatic rings. The molecule has 1 saturated heterocycles. The summed E-state index contributed by atoms with van der Waals surface area (Å²) in [5.74, 6) is 0.109. The van der Waals surface area contributed by atoms with Crippen molar-refractivity contribution >= 4 is 16.8 Å². The van der Waals surface area contributed by atoms with Crippen molar-refractivity contribution in [3.05, 3.63) is 59.9 Å². The second-order valence-electron chi connectivity index (χ2n) is 7.66. The second-order valence-corrected chi connectivity index (χ2v) is 7.66. The van der Waals surface area contributed by atoms with E-state index < -0.39 is 0 Å². The van der Waals surface area contributed by atoms with Crippen LogP contribution in [0.5, 0.6) is 0 Å². The number of aromatic nitrogens is 2. The van der Waals surface area contributed by atoms with E-state index >= 15 is 0 Å². The Kier molecular flexibility index (Phi) is 4.65. The Hall–Kier alpha value is -2.75. The molecule has 1 fully saturated rings. The van der Waals surface area contributed by atoms with E-state index in [-0.39, 0.29) is 18.0 Å². The quantitative estimate of drug-likeness (QED) is 0.646. The molecule has 27 heavy (non-hydrogen) atoms. The molecule has 2 aromatic heterocycles. The van der Waals surface area contributed by atoms with Gasteiger partial charge in [-0.3, -0.25) is 9.78 Å². The van der Waals surface area contributed by atoms with Crippen LogP contribution >= 0.6 is 0 Å². The van der Waals surface area contributed by atoms with E-state index in [2.05, 4.69) is 36.7 Å². The van der Waals surface area contributed by atoms with Gasteiger partial charge in [0.25, 0.3) is 5.91 Å². The van der Waals surface area contributed by atoms with Gasteiger partial charge in [0.2, 0.25) is 0 Å². The normalized spacial score (nSPS) is 20.0. The van der Waals surface area contributed by atoms with Crippen molar-refractivity contribution in [2.45, 2.75) is 52.1 Å². The summed E-state index contributed by atoms with van der Waals surface area (Å²) in [7, 11) is 0. The zero-order valence-electron chi connectivity index (χ0n) is 16.1. The second kappa shape index (κ2) is 7.10. The van der Waals surface area contributed by atoms with Crippen LogP contribution in [0.15, 0.2) is 48.8 Å². The van der Waals surface area contributed by atoms with Crippen molar-refractivity contribution in [3.8, 4) is 11.3 Å². The zero-order chi connectivity index (χ0) is 19.0. The van der Waals surface area contributed by atoms with Gasteiger partial charge in [-0.2, -0.15) is 0 Å². The van der Waals surface area contributed by atoms with Gasteiger partial charge in [0.1, 0.15) is 0 Å². The summed E-state index contributed by atoms with van der Waals surface area (Å²) in [5, 5.41) is 0.928. The van der Waals surface area contributed by atoms with Gasteiger partial charge in [0.05, 0.1) is 16.8 Å². The highest BCUT2D eigenvalue weighted by atomic mass is 16.2. The Labute approximate surface area is 160 Å². The minimum Gasteiger partial charge on any atom is -0.333 e. The molecule has 4 nitrogen and oxygen atoms in total. The van der Waals surface area contributed by atoms with Gasteiger partial charge in [0.15, 0.2) is 0 Å². The molecule has 1 aliphatic heterocycles. The molecular weight excluding hydrogens is 334 g/mol. The van der Waals surface area contributed by atoms with Gasteiger partial charge in [-0.1, -0.05) is 11.6 Å². The van der Waals surface area contributed by atoms with Crippen molar-refractivity contribution in [3.63, 3.8) is 0 Å². The largest absolute Gasteiger partial charge is 0.333 e. The van der Waals surface area contributed by atoms with Crippen molar-refractivity contribution in [2.24, 2.45) is 0 Å².